The Hall–Kier alpha value is -1.66. The third-order valence-corrected chi connectivity index (χ3v) is 2.90. The molecule has 17 heavy (non-hydrogen) atoms. The summed E-state index contributed by atoms with van der Waals surface area (Å²) in [5.74, 6) is 5.16. The molecular weight excluding hydrogens is 220 g/mol. The first-order valence-corrected chi connectivity index (χ1v) is 5.60. The Morgan fingerprint density at radius 1 is 1.53 bits per heavy atom. The van der Waals surface area contributed by atoms with Crippen molar-refractivity contribution in [3.8, 4) is 0 Å². The molecule has 0 bridgehead atoms. The molecule has 0 radical (unpaired) electrons. The molecule has 1 amide bonds. The van der Waals surface area contributed by atoms with Gasteiger partial charge in [-0.2, -0.15) is 0 Å². The monoisotopic (exact) mass is 236 g/mol. The highest BCUT2D eigenvalue weighted by Crippen LogP contribution is 2.14. The zero-order valence-corrected chi connectivity index (χ0v) is 9.47. The van der Waals surface area contributed by atoms with Crippen LogP contribution in [0.15, 0.2) is 18.3 Å². The minimum Gasteiger partial charge on any atom is -0.393 e. The molecule has 92 valence electrons. The van der Waals surface area contributed by atoms with E-state index in [0.29, 0.717) is 37.3 Å². The minimum atomic E-state index is -0.288. The number of nitrogens with one attached hydrogen (secondary N) is 1. The molecule has 6 nitrogen and oxygen atoms in total. The highest BCUT2D eigenvalue weighted by molar-refractivity contribution is 5.93. The molecule has 1 aromatic rings. The summed E-state index contributed by atoms with van der Waals surface area (Å²) in [6, 6.07) is 3.31. The number of nitrogen functional groups attached to an aromatic ring is 1. The normalized spacial score (nSPS) is 16.9. The van der Waals surface area contributed by atoms with Crippen LogP contribution in [-0.4, -0.2) is 40.1 Å². The second-order valence-corrected chi connectivity index (χ2v) is 4.10. The Morgan fingerprint density at radius 2 is 2.24 bits per heavy atom. The van der Waals surface area contributed by atoms with Crippen LogP contribution in [0, 0.1) is 0 Å². The predicted octanol–water partition coefficient (Wildman–Crippen LogP) is -0.0359. The molecule has 0 aliphatic carbocycles. The number of anilines is 1. The van der Waals surface area contributed by atoms with E-state index in [2.05, 4.69) is 10.4 Å². The van der Waals surface area contributed by atoms with Gasteiger partial charge in [0.15, 0.2) is 0 Å². The van der Waals surface area contributed by atoms with Gasteiger partial charge < -0.3 is 15.4 Å². The Bertz CT molecular complexity index is 402. The topological polar surface area (TPSA) is 91.5 Å². The van der Waals surface area contributed by atoms with E-state index in [9.17, 15) is 9.90 Å². The smallest absolute Gasteiger partial charge is 0.272 e. The van der Waals surface area contributed by atoms with E-state index in [-0.39, 0.29) is 12.0 Å². The van der Waals surface area contributed by atoms with Crippen molar-refractivity contribution in [3.05, 3.63) is 24.0 Å². The number of aromatic nitrogens is 1. The quantitative estimate of drug-likeness (QED) is 0.495. The first-order valence-electron chi connectivity index (χ1n) is 5.60. The summed E-state index contributed by atoms with van der Waals surface area (Å²) in [5, 5.41) is 9.38. The highest BCUT2D eigenvalue weighted by atomic mass is 16.3. The Labute approximate surface area is 99.4 Å². The van der Waals surface area contributed by atoms with Gasteiger partial charge >= 0.3 is 0 Å². The number of aliphatic hydroxyl groups is 1. The van der Waals surface area contributed by atoms with Crippen molar-refractivity contribution in [3.63, 3.8) is 0 Å². The van der Waals surface area contributed by atoms with Crippen LogP contribution < -0.4 is 11.3 Å². The summed E-state index contributed by atoms with van der Waals surface area (Å²) in [6.45, 7) is 1.14. The maximum atomic E-state index is 12.1. The van der Waals surface area contributed by atoms with Crippen molar-refractivity contribution in [1.29, 1.82) is 0 Å². The number of nitrogens with zero attached hydrogens (tertiary/aromatic N) is 2. The van der Waals surface area contributed by atoms with Crippen molar-refractivity contribution in [1.82, 2.24) is 9.88 Å². The van der Waals surface area contributed by atoms with Crippen molar-refractivity contribution >= 4 is 11.6 Å². The number of amides is 1. The molecule has 0 spiro atoms. The van der Waals surface area contributed by atoms with E-state index in [1.54, 1.807) is 23.2 Å². The molecule has 6 heteroatoms. The van der Waals surface area contributed by atoms with Crippen LogP contribution >= 0.6 is 0 Å². The standard InChI is InChI=1S/C11H16N4O2/c12-14-8-1-4-13-10(7-8)11(17)15-5-2-9(16)3-6-15/h1,4,7,9,16H,2-3,5-6,12H2,(H,13,14). The number of hydrazine groups is 1. The van der Waals surface area contributed by atoms with Gasteiger partial charge in [0, 0.05) is 19.3 Å². The van der Waals surface area contributed by atoms with Gasteiger partial charge in [-0.1, -0.05) is 0 Å². The SMILES string of the molecule is NNc1ccnc(C(=O)N2CCC(O)CC2)c1. The lowest BCUT2D eigenvalue weighted by Gasteiger charge is -2.29. The molecule has 4 N–H and O–H groups in total. The van der Waals surface area contributed by atoms with Crippen molar-refractivity contribution in [2.24, 2.45) is 5.84 Å². The van der Waals surface area contributed by atoms with Gasteiger partial charge in [0.05, 0.1) is 11.8 Å². The van der Waals surface area contributed by atoms with Crippen molar-refractivity contribution in [2.75, 3.05) is 18.5 Å². The molecule has 0 aromatic carbocycles. The third-order valence-electron chi connectivity index (χ3n) is 2.90. The maximum Gasteiger partial charge on any atom is 0.272 e. The number of aliphatic hydroxyl groups excluding tert-OH is 1. The summed E-state index contributed by atoms with van der Waals surface area (Å²) in [5.41, 5.74) is 3.51. The average molecular weight is 236 g/mol. The number of hydrogen-bond donors (Lipinski definition) is 3. The van der Waals surface area contributed by atoms with Crippen molar-refractivity contribution in [2.45, 2.75) is 18.9 Å². The van der Waals surface area contributed by atoms with Crippen LogP contribution in [0.5, 0.6) is 0 Å². The van der Waals surface area contributed by atoms with Gasteiger partial charge in [-0.3, -0.25) is 15.6 Å². The maximum absolute atomic E-state index is 12.1. The van der Waals surface area contributed by atoms with E-state index in [0.717, 1.165) is 0 Å². The van der Waals surface area contributed by atoms with Gasteiger partial charge in [-0.15, -0.1) is 0 Å². The number of rotatable bonds is 2. The first kappa shape index (κ1) is 11.8. The van der Waals surface area contributed by atoms with E-state index in [4.69, 9.17) is 5.84 Å². The fourth-order valence-electron chi connectivity index (χ4n) is 1.87. The molecule has 0 saturated carbocycles. The zero-order valence-electron chi connectivity index (χ0n) is 9.47. The second kappa shape index (κ2) is 5.11. The number of likely N-dealkylation sites (tertiary alicyclic amines) is 1. The van der Waals surface area contributed by atoms with E-state index in [1.807, 2.05) is 0 Å². The van der Waals surface area contributed by atoms with Gasteiger partial charge in [-0.25, -0.2) is 0 Å². The van der Waals surface area contributed by atoms with Crippen LogP contribution in [0.4, 0.5) is 5.69 Å². The second-order valence-electron chi connectivity index (χ2n) is 4.10. The van der Waals surface area contributed by atoms with Gasteiger partial charge in [0.2, 0.25) is 0 Å². The molecule has 1 fully saturated rings. The summed E-state index contributed by atoms with van der Waals surface area (Å²) in [7, 11) is 0. The summed E-state index contributed by atoms with van der Waals surface area (Å²) in [6.07, 6.45) is 2.51. The molecule has 0 atom stereocenters. The minimum absolute atomic E-state index is 0.117. The lowest BCUT2D eigenvalue weighted by atomic mass is 10.1. The molecule has 1 saturated heterocycles. The lowest BCUT2D eigenvalue weighted by molar-refractivity contribution is 0.0541. The molecule has 1 aliphatic rings. The molecule has 1 aromatic heterocycles. The fourth-order valence-corrected chi connectivity index (χ4v) is 1.87. The third kappa shape index (κ3) is 2.72. The molecule has 2 rings (SSSR count). The Balaban J connectivity index is 2.08. The average Bonchev–Trinajstić information content (AvgIpc) is 2.39. The lowest BCUT2D eigenvalue weighted by Crippen LogP contribution is -2.40. The van der Waals surface area contributed by atoms with Gasteiger partial charge in [-0.05, 0) is 25.0 Å². The van der Waals surface area contributed by atoms with Crippen LogP contribution in [-0.2, 0) is 0 Å². The molecule has 1 aliphatic heterocycles. The molecule has 2 heterocycles. The number of carbonyl (C=O) groups excluding carboxylic acids is 1. The Kier molecular flexibility index (Phi) is 3.55. The number of hydrogen-bond acceptors (Lipinski definition) is 5. The summed E-state index contributed by atoms with van der Waals surface area (Å²) >= 11 is 0. The first-order chi connectivity index (χ1) is 8.20. The van der Waals surface area contributed by atoms with Gasteiger partial charge in [0.1, 0.15) is 5.69 Å². The molecule has 0 unspecified atom stereocenters. The fraction of sp³-hybridized carbons (Fsp3) is 0.455. The Morgan fingerprint density at radius 3 is 2.88 bits per heavy atom. The summed E-state index contributed by atoms with van der Waals surface area (Å²) < 4.78 is 0. The van der Waals surface area contributed by atoms with Crippen LogP contribution in [0.3, 0.4) is 0 Å². The number of carbonyl (C=O) groups is 1. The largest absolute Gasteiger partial charge is 0.393 e. The van der Waals surface area contributed by atoms with Crippen LogP contribution in [0.2, 0.25) is 0 Å². The van der Waals surface area contributed by atoms with E-state index < -0.39 is 0 Å². The predicted molar refractivity (Wildman–Crippen MR) is 63.2 cm³/mol. The molecular formula is C11H16N4O2. The van der Waals surface area contributed by atoms with Crippen molar-refractivity contribution < 1.29 is 9.90 Å². The zero-order chi connectivity index (χ0) is 12.3. The highest BCUT2D eigenvalue weighted by Gasteiger charge is 2.23. The summed E-state index contributed by atoms with van der Waals surface area (Å²) in [4.78, 5) is 17.8. The van der Waals surface area contributed by atoms with E-state index >= 15 is 0 Å². The van der Waals surface area contributed by atoms with E-state index in [1.165, 1.54) is 0 Å². The van der Waals surface area contributed by atoms with Crippen LogP contribution in [0.25, 0.3) is 0 Å². The van der Waals surface area contributed by atoms with Gasteiger partial charge in [0.25, 0.3) is 5.91 Å². The van der Waals surface area contributed by atoms with Crippen LogP contribution in [0.1, 0.15) is 23.3 Å². The number of nitrogens with two attached hydrogens (primary N) is 1. The number of piperidine rings is 1. The number of pyridine rings is 1.